The number of carbonyl (C=O) groups is 1. The summed E-state index contributed by atoms with van der Waals surface area (Å²) in [5.74, 6) is 2.52. The van der Waals surface area contributed by atoms with E-state index in [-0.39, 0.29) is 11.3 Å². The summed E-state index contributed by atoms with van der Waals surface area (Å²) in [7, 11) is 0. The van der Waals surface area contributed by atoms with Crippen molar-refractivity contribution >= 4 is 17.7 Å². The van der Waals surface area contributed by atoms with Crippen LogP contribution in [0.15, 0.2) is 54.6 Å². The van der Waals surface area contributed by atoms with Crippen molar-refractivity contribution in [3.05, 3.63) is 65.7 Å². The SMILES string of the molecule is O=C(C1CCC1)N1CCSC1c1ccc(OCc2ccccc2)cc1. The van der Waals surface area contributed by atoms with Crippen LogP contribution in [0.3, 0.4) is 0 Å². The highest BCUT2D eigenvalue weighted by Crippen LogP contribution is 2.41. The third kappa shape index (κ3) is 3.69. The van der Waals surface area contributed by atoms with E-state index in [2.05, 4.69) is 29.2 Å². The first-order valence-corrected chi connectivity index (χ1v) is 10.0. The van der Waals surface area contributed by atoms with E-state index in [0.29, 0.717) is 12.5 Å². The predicted octanol–water partition coefficient (Wildman–Crippen LogP) is 4.64. The molecule has 2 aromatic carbocycles. The van der Waals surface area contributed by atoms with Gasteiger partial charge >= 0.3 is 0 Å². The number of benzene rings is 2. The van der Waals surface area contributed by atoms with Crippen LogP contribution in [-0.4, -0.2) is 23.1 Å². The molecule has 130 valence electrons. The zero-order chi connectivity index (χ0) is 17.1. The first-order valence-electron chi connectivity index (χ1n) is 9.00. The molecule has 3 nitrogen and oxygen atoms in total. The number of amides is 1. The summed E-state index contributed by atoms with van der Waals surface area (Å²) in [6.07, 6.45) is 3.34. The van der Waals surface area contributed by atoms with Crippen molar-refractivity contribution in [3.8, 4) is 5.75 Å². The van der Waals surface area contributed by atoms with Crippen LogP contribution in [0.4, 0.5) is 0 Å². The fraction of sp³-hybridized carbons (Fsp3) is 0.381. The van der Waals surface area contributed by atoms with Gasteiger partial charge in [0.15, 0.2) is 0 Å². The quantitative estimate of drug-likeness (QED) is 0.784. The van der Waals surface area contributed by atoms with Gasteiger partial charge in [-0.3, -0.25) is 4.79 Å². The maximum absolute atomic E-state index is 12.6. The average molecular weight is 353 g/mol. The Kier molecular flexibility index (Phi) is 4.97. The summed E-state index contributed by atoms with van der Waals surface area (Å²) in [5.41, 5.74) is 2.36. The molecule has 1 aliphatic heterocycles. The van der Waals surface area contributed by atoms with Gasteiger partial charge in [0.2, 0.25) is 5.91 Å². The molecule has 0 N–H and O–H groups in total. The molecular weight excluding hydrogens is 330 g/mol. The van der Waals surface area contributed by atoms with Crippen molar-refractivity contribution < 1.29 is 9.53 Å². The summed E-state index contributed by atoms with van der Waals surface area (Å²) in [4.78, 5) is 14.7. The molecule has 1 unspecified atom stereocenters. The molecule has 1 saturated carbocycles. The Hall–Kier alpha value is -1.94. The van der Waals surface area contributed by atoms with Crippen LogP contribution in [0.2, 0.25) is 0 Å². The van der Waals surface area contributed by atoms with E-state index in [4.69, 9.17) is 4.74 Å². The van der Waals surface area contributed by atoms with Crippen molar-refractivity contribution in [3.63, 3.8) is 0 Å². The van der Waals surface area contributed by atoms with Gasteiger partial charge < -0.3 is 9.64 Å². The summed E-state index contributed by atoms with van der Waals surface area (Å²) < 4.78 is 5.86. The topological polar surface area (TPSA) is 29.5 Å². The van der Waals surface area contributed by atoms with Crippen LogP contribution in [0.1, 0.15) is 35.8 Å². The number of thioether (sulfide) groups is 1. The summed E-state index contributed by atoms with van der Waals surface area (Å²) >= 11 is 1.86. The molecule has 2 fully saturated rings. The van der Waals surface area contributed by atoms with Crippen molar-refractivity contribution in [1.82, 2.24) is 4.90 Å². The van der Waals surface area contributed by atoms with Crippen molar-refractivity contribution in [2.75, 3.05) is 12.3 Å². The van der Waals surface area contributed by atoms with E-state index in [9.17, 15) is 4.79 Å². The monoisotopic (exact) mass is 353 g/mol. The van der Waals surface area contributed by atoms with E-state index in [1.54, 1.807) is 0 Å². The molecule has 4 heteroatoms. The molecule has 25 heavy (non-hydrogen) atoms. The van der Waals surface area contributed by atoms with E-state index < -0.39 is 0 Å². The minimum Gasteiger partial charge on any atom is -0.489 e. The standard InChI is InChI=1S/C21H23NO2S/c23-20(17-7-4-8-17)22-13-14-25-21(22)18-9-11-19(12-10-18)24-15-16-5-2-1-3-6-16/h1-3,5-6,9-12,17,21H,4,7-8,13-15H2. The van der Waals surface area contributed by atoms with Gasteiger partial charge in [0.1, 0.15) is 17.7 Å². The lowest BCUT2D eigenvalue weighted by Crippen LogP contribution is -2.38. The average Bonchev–Trinajstić information content (AvgIpc) is 3.09. The lowest BCUT2D eigenvalue weighted by molar-refractivity contribution is -0.138. The molecule has 0 bridgehead atoms. The number of hydrogen-bond acceptors (Lipinski definition) is 3. The van der Waals surface area contributed by atoms with Crippen molar-refractivity contribution in [1.29, 1.82) is 0 Å². The van der Waals surface area contributed by atoms with E-state index >= 15 is 0 Å². The largest absolute Gasteiger partial charge is 0.489 e. The van der Waals surface area contributed by atoms with Crippen molar-refractivity contribution in [2.24, 2.45) is 5.92 Å². The van der Waals surface area contributed by atoms with Crippen molar-refractivity contribution in [2.45, 2.75) is 31.2 Å². The molecule has 4 rings (SSSR count). The van der Waals surface area contributed by atoms with Gasteiger partial charge in [0.05, 0.1) is 0 Å². The van der Waals surface area contributed by atoms with Gasteiger partial charge in [-0.25, -0.2) is 0 Å². The number of hydrogen-bond donors (Lipinski definition) is 0. The van der Waals surface area contributed by atoms with Gasteiger partial charge in [-0.05, 0) is 36.1 Å². The number of nitrogens with zero attached hydrogens (tertiary/aromatic N) is 1. The molecule has 1 aliphatic carbocycles. The highest BCUT2D eigenvalue weighted by atomic mass is 32.2. The third-order valence-corrected chi connectivity index (χ3v) is 6.30. The lowest BCUT2D eigenvalue weighted by atomic mass is 9.84. The number of rotatable bonds is 5. The van der Waals surface area contributed by atoms with Crippen LogP contribution in [0.25, 0.3) is 0 Å². The van der Waals surface area contributed by atoms with Gasteiger partial charge in [0, 0.05) is 18.2 Å². The molecule has 1 atom stereocenters. The Balaban J connectivity index is 1.40. The highest BCUT2D eigenvalue weighted by molar-refractivity contribution is 7.99. The van der Waals surface area contributed by atoms with Gasteiger partial charge in [-0.15, -0.1) is 11.8 Å². The molecule has 0 aromatic heterocycles. The van der Waals surface area contributed by atoms with E-state index in [0.717, 1.165) is 36.5 Å². The molecule has 1 heterocycles. The van der Waals surface area contributed by atoms with Gasteiger partial charge in [-0.1, -0.05) is 48.9 Å². The first kappa shape index (κ1) is 16.5. The number of ether oxygens (including phenoxy) is 1. The third-order valence-electron chi connectivity index (χ3n) is 5.04. The summed E-state index contributed by atoms with van der Waals surface area (Å²) in [6.45, 7) is 1.45. The van der Waals surface area contributed by atoms with Gasteiger partial charge in [-0.2, -0.15) is 0 Å². The molecule has 1 saturated heterocycles. The predicted molar refractivity (Wildman–Crippen MR) is 101 cm³/mol. The minimum absolute atomic E-state index is 0.163. The second-order valence-electron chi connectivity index (χ2n) is 6.73. The Morgan fingerprint density at radius 2 is 1.84 bits per heavy atom. The van der Waals surface area contributed by atoms with Crippen LogP contribution in [0, 0.1) is 5.92 Å². The number of carbonyl (C=O) groups excluding carboxylic acids is 1. The Morgan fingerprint density at radius 3 is 2.52 bits per heavy atom. The lowest BCUT2D eigenvalue weighted by Gasteiger charge is -2.32. The zero-order valence-electron chi connectivity index (χ0n) is 14.3. The fourth-order valence-corrected chi connectivity index (χ4v) is 4.60. The first-order chi connectivity index (χ1) is 12.3. The van der Waals surface area contributed by atoms with Crippen LogP contribution < -0.4 is 4.74 Å². The zero-order valence-corrected chi connectivity index (χ0v) is 15.1. The smallest absolute Gasteiger partial charge is 0.226 e. The minimum atomic E-state index is 0.163. The van der Waals surface area contributed by atoms with E-state index in [1.165, 1.54) is 12.0 Å². The normalized spacial score (nSPS) is 20.3. The Morgan fingerprint density at radius 1 is 1.08 bits per heavy atom. The Labute approximate surface area is 153 Å². The van der Waals surface area contributed by atoms with E-state index in [1.807, 2.05) is 42.1 Å². The van der Waals surface area contributed by atoms with Crippen LogP contribution in [-0.2, 0) is 11.4 Å². The van der Waals surface area contributed by atoms with Crippen LogP contribution in [0.5, 0.6) is 5.75 Å². The van der Waals surface area contributed by atoms with Crippen LogP contribution >= 0.6 is 11.8 Å². The molecule has 1 amide bonds. The molecule has 0 spiro atoms. The molecule has 0 radical (unpaired) electrons. The summed E-state index contributed by atoms with van der Waals surface area (Å²) in [6, 6.07) is 18.4. The highest BCUT2D eigenvalue weighted by Gasteiger charge is 2.36. The molecular formula is C21H23NO2S. The molecule has 2 aliphatic rings. The maximum atomic E-state index is 12.6. The summed E-state index contributed by atoms with van der Waals surface area (Å²) in [5, 5.41) is 0.163. The maximum Gasteiger partial charge on any atom is 0.226 e. The molecule has 2 aromatic rings. The Bertz CT molecular complexity index is 712. The second kappa shape index (κ2) is 7.52. The fourth-order valence-electron chi connectivity index (χ4n) is 3.33. The second-order valence-corrected chi connectivity index (χ2v) is 7.91. The van der Waals surface area contributed by atoms with Gasteiger partial charge in [0.25, 0.3) is 0 Å².